The summed E-state index contributed by atoms with van der Waals surface area (Å²) in [5, 5.41) is 5.91. The number of nitrogens with one attached hydrogen (secondary N) is 4. The number of carbonyl (C=O) groups excluding carboxylic acids is 1. The standard InChI is InChI=1S/C16H24N4O3S/c1-10(2)18-16(21)20-24(22,23)15-9-17-6-5-13(15)19-14-8-11-3-4-12(14)7-11/h5-6,9-12,14H,3-4,7-8H2,1-2H3,(H,17,19)(H2,18,20,21)/p+1/t11-,12+,14-/m0/s1. The van der Waals surface area contributed by atoms with E-state index in [1.807, 2.05) is 0 Å². The smallest absolute Gasteiger partial charge is 0.328 e. The molecule has 2 fully saturated rings. The SMILES string of the molecule is CC(C)NC(=O)NS(=O)(=O)c1c[nH+]ccc1N[C@H]1C[C@H]2CC[C@@H]1C2. The zero-order valence-electron chi connectivity index (χ0n) is 14.0. The van der Waals surface area contributed by atoms with Gasteiger partial charge in [-0.2, -0.15) is 0 Å². The van der Waals surface area contributed by atoms with Gasteiger partial charge in [-0.3, -0.25) is 0 Å². The van der Waals surface area contributed by atoms with Crippen LogP contribution < -0.4 is 20.3 Å². The molecule has 1 aromatic rings. The number of fused-ring (bicyclic) bond motifs is 2. The van der Waals surface area contributed by atoms with Gasteiger partial charge in [-0.05, 0) is 44.9 Å². The number of rotatable bonds is 5. The topological polar surface area (TPSA) is 101 Å². The van der Waals surface area contributed by atoms with E-state index in [-0.39, 0.29) is 10.9 Å². The van der Waals surface area contributed by atoms with E-state index in [0.717, 1.165) is 12.3 Å². The van der Waals surface area contributed by atoms with Crippen LogP contribution in [0.3, 0.4) is 0 Å². The highest BCUT2D eigenvalue weighted by Gasteiger charge is 2.40. The largest absolute Gasteiger partial charge is 0.381 e. The fraction of sp³-hybridized carbons (Fsp3) is 0.625. The van der Waals surface area contributed by atoms with Crippen LogP contribution >= 0.6 is 0 Å². The van der Waals surface area contributed by atoms with Gasteiger partial charge in [0.2, 0.25) is 0 Å². The number of pyridine rings is 1. The van der Waals surface area contributed by atoms with Crippen LogP contribution in [0.5, 0.6) is 0 Å². The molecule has 1 heterocycles. The lowest BCUT2D eigenvalue weighted by Gasteiger charge is -2.24. The number of aromatic amines is 1. The summed E-state index contributed by atoms with van der Waals surface area (Å²) < 4.78 is 27.2. The second-order valence-corrected chi connectivity index (χ2v) is 8.73. The summed E-state index contributed by atoms with van der Waals surface area (Å²) in [6, 6.07) is 1.15. The van der Waals surface area contributed by atoms with Crippen molar-refractivity contribution in [1.29, 1.82) is 0 Å². The van der Waals surface area contributed by atoms with E-state index in [9.17, 15) is 13.2 Å². The van der Waals surface area contributed by atoms with E-state index in [1.165, 1.54) is 25.5 Å². The fourth-order valence-corrected chi connectivity index (χ4v) is 4.90. The zero-order valence-corrected chi connectivity index (χ0v) is 14.8. The van der Waals surface area contributed by atoms with Gasteiger partial charge in [-0.1, -0.05) is 6.42 Å². The quantitative estimate of drug-likeness (QED) is 0.746. The van der Waals surface area contributed by atoms with Gasteiger partial charge in [0.25, 0.3) is 10.0 Å². The molecule has 8 heteroatoms. The van der Waals surface area contributed by atoms with E-state index in [4.69, 9.17) is 0 Å². The fourth-order valence-electron chi connectivity index (χ4n) is 3.85. The van der Waals surface area contributed by atoms with Crippen molar-refractivity contribution in [2.24, 2.45) is 11.8 Å². The highest BCUT2D eigenvalue weighted by atomic mass is 32.2. The molecule has 2 aliphatic carbocycles. The molecule has 3 rings (SSSR count). The van der Waals surface area contributed by atoms with Crippen molar-refractivity contribution in [1.82, 2.24) is 10.0 Å². The summed E-state index contributed by atoms with van der Waals surface area (Å²) in [6.45, 7) is 3.54. The van der Waals surface area contributed by atoms with Gasteiger partial charge in [0.1, 0.15) is 0 Å². The first kappa shape index (κ1) is 17.0. The summed E-state index contributed by atoms with van der Waals surface area (Å²) in [4.78, 5) is 14.6. The molecule has 1 aromatic heterocycles. The molecule has 0 unspecified atom stereocenters. The molecule has 2 saturated carbocycles. The van der Waals surface area contributed by atoms with Crippen LogP contribution in [0.2, 0.25) is 0 Å². The molecule has 2 aliphatic rings. The lowest BCUT2D eigenvalue weighted by molar-refractivity contribution is -0.380. The maximum Gasteiger partial charge on any atom is 0.328 e. The number of carbonyl (C=O) groups is 1. The number of sulfonamides is 1. The number of amides is 2. The molecule has 4 N–H and O–H groups in total. The number of hydrogen-bond acceptors (Lipinski definition) is 4. The molecule has 0 spiro atoms. The van der Waals surface area contributed by atoms with Gasteiger partial charge < -0.3 is 10.6 Å². The Hall–Kier alpha value is -1.83. The van der Waals surface area contributed by atoms with Crippen LogP contribution in [0.25, 0.3) is 0 Å². The molecule has 7 nitrogen and oxygen atoms in total. The van der Waals surface area contributed by atoms with E-state index in [0.29, 0.717) is 17.6 Å². The van der Waals surface area contributed by atoms with Gasteiger partial charge in [0, 0.05) is 18.2 Å². The van der Waals surface area contributed by atoms with E-state index < -0.39 is 16.1 Å². The predicted octanol–water partition coefficient (Wildman–Crippen LogP) is 1.50. The number of aromatic nitrogens is 1. The van der Waals surface area contributed by atoms with Crippen LogP contribution in [0.15, 0.2) is 23.4 Å². The Morgan fingerprint density at radius 3 is 2.71 bits per heavy atom. The number of H-pyrrole nitrogens is 1. The third-order valence-corrected chi connectivity index (χ3v) is 6.21. The van der Waals surface area contributed by atoms with E-state index in [1.54, 1.807) is 26.1 Å². The Labute approximate surface area is 142 Å². The number of anilines is 1. The Balaban J connectivity index is 1.77. The molecule has 2 bridgehead atoms. The Morgan fingerprint density at radius 1 is 1.29 bits per heavy atom. The Morgan fingerprint density at radius 2 is 2.08 bits per heavy atom. The van der Waals surface area contributed by atoms with Crippen molar-refractivity contribution in [3.05, 3.63) is 18.5 Å². The third-order valence-electron chi connectivity index (χ3n) is 4.84. The van der Waals surface area contributed by atoms with Gasteiger partial charge in [0.15, 0.2) is 17.3 Å². The minimum Gasteiger partial charge on any atom is -0.381 e. The Bertz CT molecular complexity index is 720. The van der Waals surface area contributed by atoms with Crippen molar-refractivity contribution in [3.8, 4) is 0 Å². The summed E-state index contributed by atoms with van der Waals surface area (Å²) in [5.41, 5.74) is 0.538. The van der Waals surface area contributed by atoms with Crippen LogP contribution in [0.4, 0.5) is 10.5 Å². The summed E-state index contributed by atoms with van der Waals surface area (Å²) in [6.07, 6.45) is 7.90. The summed E-state index contributed by atoms with van der Waals surface area (Å²) >= 11 is 0. The monoisotopic (exact) mass is 353 g/mol. The number of hydrogen-bond donors (Lipinski definition) is 3. The first-order valence-corrected chi connectivity index (χ1v) is 9.93. The van der Waals surface area contributed by atoms with Crippen molar-refractivity contribution < 1.29 is 18.2 Å². The lowest BCUT2D eigenvalue weighted by atomic mass is 9.95. The van der Waals surface area contributed by atoms with Gasteiger partial charge in [0.05, 0.1) is 5.69 Å². The minimum absolute atomic E-state index is 0.0617. The van der Waals surface area contributed by atoms with E-state index >= 15 is 0 Å². The van der Waals surface area contributed by atoms with Crippen LogP contribution in [-0.2, 0) is 10.0 Å². The van der Waals surface area contributed by atoms with Gasteiger partial charge in [-0.25, -0.2) is 22.9 Å². The molecule has 3 atom stereocenters. The molecule has 0 radical (unpaired) electrons. The first-order chi connectivity index (χ1) is 11.3. The molecule has 0 aromatic carbocycles. The van der Waals surface area contributed by atoms with Gasteiger partial charge >= 0.3 is 6.03 Å². The predicted molar refractivity (Wildman–Crippen MR) is 89.8 cm³/mol. The van der Waals surface area contributed by atoms with Crippen molar-refractivity contribution in [2.75, 3.05) is 5.32 Å². The molecule has 0 aliphatic heterocycles. The third kappa shape index (κ3) is 3.63. The average Bonchev–Trinajstić information content (AvgIpc) is 3.08. The first-order valence-electron chi connectivity index (χ1n) is 8.45. The summed E-state index contributed by atoms with van der Waals surface area (Å²) in [5.74, 6) is 1.38. The maximum atomic E-state index is 12.5. The molecule has 24 heavy (non-hydrogen) atoms. The van der Waals surface area contributed by atoms with Crippen LogP contribution in [-0.4, -0.2) is 26.5 Å². The highest BCUT2D eigenvalue weighted by Crippen LogP contribution is 2.45. The maximum absolute atomic E-state index is 12.5. The lowest BCUT2D eigenvalue weighted by Crippen LogP contribution is -2.42. The normalized spacial score (nSPS) is 25.7. The van der Waals surface area contributed by atoms with Crippen LogP contribution in [0, 0.1) is 11.8 Å². The molecule has 2 amide bonds. The van der Waals surface area contributed by atoms with Crippen molar-refractivity contribution >= 4 is 21.7 Å². The van der Waals surface area contributed by atoms with Crippen molar-refractivity contribution in [3.63, 3.8) is 0 Å². The second kappa shape index (κ2) is 6.58. The van der Waals surface area contributed by atoms with Crippen LogP contribution in [0.1, 0.15) is 39.5 Å². The number of urea groups is 1. The van der Waals surface area contributed by atoms with E-state index in [2.05, 4.69) is 20.3 Å². The molecular formula is C16H25N4O3S+. The molecular weight excluding hydrogens is 328 g/mol. The van der Waals surface area contributed by atoms with Crippen molar-refractivity contribution in [2.45, 2.75) is 56.5 Å². The zero-order chi connectivity index (χ0) is 17.3. The highest BCUT2D eigenvalue weighted by molar-refractivity contribution is 7.90. The van der Waals surface area contributed by atoms with Gasteiger partial charge in [-0.15, -0.1) is 0 Å². The average molecular weight is 353 g/mol. The second-order valence-electron chi connectivity index (χ2n) is 7.08. The Kier molecular flexibility index (Phi) is 4.67. The minimum atomic E-state index is -3.95. The summed E-state index contributed by atoms with van der Waals surface area (Å²) in [7, 11) is -3.95. The molecule has 132 valence electrons. The molecule has 0 saturated heterocycles.